The first-order valence-electron chi connectivity index (χ1n) is 7.03. The maximum atomic E-state index is 5.64. The average molecular weight is 281 g/mol. The van der Waals surface area contributed by atoms with Crippen LogP contribution in [0.15, 0.2) is 42.5 Å². The molecular weight excluding hydrogens is 262 g/mol. The number of fused-ring (bicyclic) bond motifs is 1. The second-order valence-electron chi connectivity index (χ2n) is 5.09. The number of nitrogens with two attached hydrogens (primary N) is 1. The van der Waals surface area contributed by atoms with E-state index >= 15 is 0 Å². The van der Waals surface area contributed by atoms with Crippen molar-refractivity contribution in [3.8, 4) is 17.1 Å². The molecule has 21 heavy (non-hydrogen) atoms. The van der Waals surface area contributed by atoms with Crippen LogP contribution in [-0.2, 0) is 13.5 Å². The predicted octanol–water partition coefficient (Wildman–Crippen LogP) is 2.75. The highest BCUT2D eigenvalue weighted by Gasteiger charge is 2.10. The van der Waals surface area contributed by atoms with Gasteiger partial charge in [-0.1, -0.05) is 18.2 Å². The molecule has 0 radical (unpaired) electrons. The quantitative estimate of drug-likeness (QED) is 0.800. The monoisotopic (exact) mass is 281 g/mol. The third-order valence-corrected chi connectivity index (χ3v) is 3.71. The number of aromatic nitrogens is 2. The van der Waals surface area contributed by atoms with Crippen LogP contribution in [0, 0.1) is 0 Å². The lowest BCUT2D eigenvalue weighted by Crippen LogP contribution is -2.02. The second-order valence-corrected chi connectivity index (χ2v) is 5.09. The summed E-state index contributed by atoms with van der Waals surface area (Å²) in [6.45, 7) is 0.656. The molecule has 0 aliphatic heterocycles. The number of methoxy groups -OCH3 is 1. The molecule has 0 saturated heterocycles. The molecule has 3 aromatic rings. The van der Waals surface area contributed by atoms with E-state index in [1.165, 1.54) is 5.56 Å². The molecule has 3 rings (SSSR count). The zero-order valence-corrected chi connectivity index (χ0v) is 12.3. The Morgan fingerprint density at radius 2 is 2.05 bits per heavy atom. The smallest absolute Gasteiger partial charge is 0.140 e. The van der Waals surface area contributed by atoms with Crippen molar-refractivity contribution < 1.29 is 4.74 Å². The van der Waals surface area contributed by atoms with Crippen LogP contribution in [0.25, 0.3) is 22.4 Å². The number of hydrogen-bond donors (Lipinski definition) is 1. The molecule has 108 valence electrons. The van der Waals surface area contributed by atoms with Gasteiger partial charge < -0.3 is 15.0 Å². The highest BCUT2D eigenvalue weighted by molar-refractivity contribution is 5.82. The molecule has 2 aromatic carbocycles. The Labute approximate surface area is 124 Å². The number of imidazole rings is 1. The lowest BCUT2D eigenvalue weighted by atomic mass is 10.1. The highest BCUT2D eigenvalue weighted by atomic mass is 16.5. The van der Waals surface area contributed by atoms with E-state index < -0.39 is 0 Å². The van der Waals surface area contributed by atoms with Gasteiger partial charge in [0.05, 0.1) is 18.1 Å². The molecule has 0 saturated carbocycles. The van der Waals surface area contributed by atoms with Gasteiger partial charge in [-0.15, -0.1) is 0 Å². The molecule has 0 spiro atoms. The molecule has 0 aliphatic carbocycles. The van der Waals surface area contributed by atoms with Crippen LogP contribution in [0.3, 0.4) is 0 Å². The third kappa shape index (κ3) is 2.50. The summed E-state index contributed by atoms with van der Waals surface area (Å²) >= 11 is 0. The van der Waals surface area contributed by atoms with Crippen molar-refractivity contribution in [2.45, 2.75) is 6.42 Å². The van der Waals surface area contributed by atoms with Crippen molar-refractivity contribution in [2.75, 3.05) is 13.7 Å². The highest BCUT2D eigenvalue weighted by Crippen LogP contribution is 2.26. The summed E-state index contributed by atoms with van der Waals surface area (Å²) in [4.78, 5) is 4.74. The minimum absolute atomic E-state index is 0.656. The number of rotatable bonds is 4. The Kier molecular flexibility index (Phi) is 3.62. The zero-order chi connectivity index (χ0) is 14.8. The molecule has 0 unspecified atom stereocenters. The Morgan fingerprint density at radius 3 is 2.81 bits per heavy atom. The lowest BCUT2D eigenvalue weighted by molar-refractivity contribution is 0.415. The van der Waals surface area contributed by atoms with Gasteiger partial charge in [0.2, 0.25) is 0 Å². The molecule has 2 N–H and O–H groups in total. The van der Waals surface area contributed by atoms with E-state index in [0.29, 0.717) is 6.54 Å². The van der Waals surface area contributed by atoms with Crippen LogP contribution in [0.1, 0.15) is 5.56 Å². The second kappa shape index (κ2) is 5.58. The van der Waals surface area contributed by atoms with Crippen molar-refractivity contribution >= 4 is 11.0 Å². The normalized spacial score (nSPS) is 11.0. The van der Waals surface area contributed by atoms with Crippen molar-refractivity contribution in [3.05, 3.63) is 48.0 Å². The zero-order valence-electron chi connectivity index (χ0n) is 12.3. The van der Waals surface area contributed by atoms with Crippen molar-refractivity contribution in [3.63, 3.8) is 0 Å². The predicted molar refractivity (Wildman–Crippen MR) is 85.5 cm³/mol. The minimum Gasteiger partial charge on any atom is -0.497 e. The number of hydrogen-bond acceptors (Lipinski definition) is 3. The summed E-state index contributed by atoms with van der Waals surface area (Å²) < 4.78 is 7.37. The van der Waals surface area contributed by atoms with Gasteiger partial charge in [-0.05, 0) is 36.7 Å². The van der Waals surface area contributed by atoms with E-state index in [1.807, 2.05) is 25.2 Å². The van der Waals surface area contributed by atoms with Crippen molar-refractivity contribution in [1.82, 2.24) is 9.55 Å². The molecule has 0 atom stereocenters. The van der Waals surface area contributed by atoms with Crippen LogP contribution in [0.5, 0.6) is 5.75 Å². The third-order valence-electron chi connectivity index (χ3n) is 3.71. The Morgan fingerprint density at radius 1 is 1.19 bits per heavy atom. The van der Waals surface area contributed by atoms with E-state index in [0.717, 1.165) is 34.6 Å². The molecule has 4 heteroatoms. The molecule has 0 amide bonds. The number of nitrogens with zero attached hydrogens (tertiary/aromatic N) is 2. The fourth-order valence-corrected chi connectivity index (χ4v) is 2.60. The minimum atomic E-state index is 0.656. The Balaban J connectivity index is 2.11. The molecule has 0 aliphatic rings. The summed E-state index contributed by atoms with van der Waals surface area (Å²) in [7, 11) is 3.70. The van der Waals surface area contributed by atoms with Gasteiger partial charge in [-0.25, -0.2) is 4.98 Å². The Hall–Kier alpha value is -2.33. The van der Waals surface area contributed by atoms with Gasteiger partial charge in [0.15, 0.2) is 0 Å². The van der Waals surface area contributed by atoms with Crippen LogP contribution >= 0.6 is 0 Å². The first-order valence-corrected chi connectivity index (χ1v) is 7.03. The average Bonchev–Trinajstić information content (AvgIpc) is 2.84. The molecule has 1 aromatic heterocycles. The van der Waals surface area contributed by atoms with E-state index in [-0.39, 0.29) is 0 Å². The SMILES string of the molecule is COc1ccc2c(c1)nc(-c1cccc(CCN)c1)n2C. The van der Waals surface area contributed by atoms with E-state index in [9.17, 15) is 0 Å². The van der Waals surface area contributed by atoms with Crippen molar-refractivity contribution in [2.24, 2.45) is 12.8 Å². The largest absolute Gasteiger partial charge is 0.497 e. The molecule has 0 fully saturated rings. The fraction of sp³-hybridized carbons (Fsp3) is 0.235. The summed E-state index contributed by atoms with van der Waals surface area (Å²) in [6, 6.07) is 14.3. The maximum absolute atomic E-state index is 5.64. The van der Waals surface area contributed by atoms with Crippen LogP contribution in [0.2, 0.25) is 0 Å². The van der Waals surface area contributed by atoms with Gasteiger partial charge >= 0.3 is 0 Å². The number of benzene rings is 2. The molecule has 1 heterocycles. The number of aryl methyl sites for hydroxylation is 1. The summed E-state index contributed by atoms with van der Waals surface area (Å²) in [5.74, 6) is 1.78. The van der Waals surface area contributed by atoms with Crippen LogP contribution < -0.4 is 10.5 Å². The van der Waals surface area contributed by atoms with Crippen LogP contribution in [0.4, 0.5) is 0 Å². The standard InChI is InChI=1S/C17H19N3O/c1-20-16-7-6-14(21-2)11-15(16)19-17(20)13-5-3-4-12(10-13)8-9-18/h3-7,10-11H,8-9,18H2,1-2H3. The molecule has 4 nitrogen and oxygen atoms in total. The van der Waals surface area contributed by atoms with Crippen molar-refractivity contribution in [1.29, 1.82) is 0 Å². The van der Waals surface area contributed by atoms with Gasteiger partial charge in [-0.3, -0.25) is 0 Å². The van der Waals surface area contributed by atoms with Gasteiger partial charge in [0.25, 0.3) is 0 Å². The molecule has 0 bridgehead atoms. The fourth-order valence-electron chi connectivity index (χ4n) is 2.60. The summed E-state index contributed by atoms with van der Waals surface area (Å²) in [6.07, 6.45) is 0.881. The first-order chi connectivity index (χ1) is 10.2. The van der Waals surface area contributed by atoms with Gasteiger partial charge in [0.1, 0.15) is 11.6 Å². The lowest BCUT2D eigenvalue weighted by Gasteiger charge is -2.05. The van der Waals surface area contributed by atoms with Gasteiger partial charge in [-0.2, -0.15) is 0 Å². The Bertz CT molecular complexity index is 777. The van der Waals surface area contributed by atoms with Crippen LogP contribution in [-0.4, -0.2) is 23.2 Å². The topological polar surface area (TPSA) is 53.1 Å². The van der Waals surface area contributed by atoms with E-state index in [4.69, 9.17) is 15.5 Å². The summed E-state index contributed by atoms with van der Waals surface area (Å²) in [5.41, 5.74) is 10.0. The van der Waals surface area contributed by atoms with E-state index in [1.54, 1.807) is 7.11 Å². The van der Waals surface area contributed by atoms with E-state index in [2.05, 4.69) is 28.8 Å². The number of ether oxygens (including phenoxy) is 1. The molecular formula is C17H19N3O. The first kappa shape index (κ1) is 13.6. The van der Waals surface area contributed by atoms with Gasteiger partial charge in [0, 0.05) is 18.7 Å². The summed E-state index contributed by atoms with van der Waals surface area (Å²) in [5, 5.41) is 0. The maximum Gasteiger partial charge on any atom is 0.140 e.